The minimum atomic E-state index is -0.769. The van der Waals surface area contributed by atoms with Crippen molar-refractivity contribution in [2.24, 2.45) is 11.3 Å². The molecular weight excluding hydrogens is 342 g/mol. The number of halogens is 1. The topological polar surface area (TPSA) is 76.7 Å². The van der Waals surface area contributed by atoms with Gasteiger partial charge in [-0.05, 0) is 30.5 Å². The monoisotopic (exact) mass is 357 g/mol. The Labute approximate surface area is 150 Å². The van der Waals surface area contributed by atoms with Crippen molar-refractivity contribution in [1.29, 1.82) is 10.5 Å². The highest BCUT2D eigenvalue weighted by atomic mass is 35.5. The normalized spacial score (nSPS) is 22.1. The number of rotatable bonds is 3. The molecule has 1 N–H and O–H groups in total. The number of amides is 1. The molecule has 1 fully saturated rings. The minimum absolute atomic E-state index is 0.281. The van der Waals surface area contributed by atoms with Gasteiger partial charge in [0, 0.05) is 16.2 Å². The lowest BCUT2D eigenvalue weighted by molar-refractivity contribution is -0.126. The Kier molecular flexibility index (Phi) is 4.85. The van der Waals surface area contributed by atoms with E-state index in [1.54, 1.807) is 0 Å². The van der Waals surface area contributed by atoms with E-state index in [9.17, 15) is 15.3 Å². The van der Waals surface area contributed by atoms with E-state index < -0.39 is 11.3 Å². The number of nitriles is 2. The van der Waals surface area contributed by atoms with Crippen LogP contribution in [0, 0.1) is 34.0 Å². The summed E-state index contributed by atoms with van der Waals surface area (Å²) in [6.45, 7) is 0. The number of nitrogens with one attached hydrogen (secondary N) is 1. The zero-order valence-electron chi connectivity index (χ0n) is 13.0. The van der Waals surface area contributed by atoms with Gasteiger partial charge in [-0.3, -0.25) is 4.79 Å². The lowest BCUT2D eigenvalue weighted by Crippen LogP contribution is -2.46. The molecule has 1 unspecified atom stereocenters. The first kappa shape index (κ1) is 16.9. The summed E-state index contributed by atoms with van der Waals surface area (Å²) in [7, 11) is 0. The molecule has 1 aromatic carbocycles. The number of benzene rings is 1. The summed E-state index contributed by atoms with van der Waals surface area (Å²) in [6.07, 6.45) is 3.36. The van der Waals surface area contributed by atoms with Crippen molar-refractivity contribution in [3.05, 3.63) is 45.5 Å². The van der Waals surface area contributed by atoms with Crippen molar-refractivity contribution in [1.82, 2.24) is 5.32 Å². The van der Waals surface area contributed by atoms with Crippen molar-refractivity contribution in [3.63, 3.8) is 0 Å². The highest BCUT2D eigenvalue weighted by Crippen LogP contribution is 2.53. The van der Waals surface area contributed by atoms with Crippen LogP contribution in [-0.4, -0.2) is 5.91 Å². The molecule has 0 bridgehead atoms. The fraction of sp³-hybridized carbons (Fsp3) is 0.389. The molecule has 122 valence electrons. The van der Waals surface area contributed by atoms with Gasteiger partial charge in [-0.25, -0.2) is 0 Å². The third kappa shape index (κ3) is 2.90. The van der Waals surface area contributed by atoms with E-state index in [4.69, 9.17) is 11.6 Å². The van der Waals surface area contributed by atoms with Gasteiger partial charge in [0.25, 0.3) is 0 Å². The van der Waals surface area contributed by atoms with E-state index >= 15 is 0 Å². The molecule has 1 spiro atoms. The lowest BCUT2D eigenvalue weighted by atomic mass is 9.67. The Morgan fingerprint density at radius 1 is 1.25 bits per heavy atom. The van der Waals surface area contributed by atoms with Crippen LogP contribution in [0.2, 0.25) is 5.02 Å². The second-order valence-corrected chi connectivity index (χ2v) is 7.57. The van der Waals surface area contributed by atoms with Gasteiger partial charge in [-0.2, -0.15) is 10.5 Å². The van der Waals surface area contributed by atoms with Crippen LogP contribution in [0.4, 0.5) is 0 Å². The number of hydrogen-bond donors (Lipinski definition) is 1. The van der Waals surface area contributed by atoms with Crippen LogP contribution in [0.1, 0.15) is 31.2 Å². The quantitative estimate of drug-likeness (QED) is 0.881. The van der Waals surface area contributed by atoms with Gasteiger partial charge in [-0.1, -0.05) is 36.6 Å². The predicted octanol–water partition coefficient (Wildman–Crippen LogP) is 4.14. The summed E-state index contributed by atoms with van der Waals surface area (Å²) in [5, 5.41) is 23.2. The van der Waals surface area contributed by atoms with E-state index in [1.165, 1.54) is 11.8 Å². The van der Waals surface area contributed by atoms with Gasteiger partial charge < -0.3 is 5.32 Å². The first-order valence-corrected chi connectivity index (χ1v) is 9.19. The molecule has 1 amide bonds. The Balaban J connectivity index is 1.91. The van der Waals surface area contributed by atoms with Crippen molar-refractivity contribution in [2.75, 3.05) is 0 Å². The summed E-state index contributed by atoms with van der Waals surface area (Å²) in [5.74, 6) is -0.419. The Hall–Kier alpha value is -1.95. The van der Waals surface area contributed by atoms with Crippen LogP contribution < -0.4 is 5.32 Å². The highest BCUT2D eigenvalue weighted by molar-refractivity contribution is 8.02. The summed E-state index contributed by atoms with van der Waals surface area (Å²) in [4.78, 5) is 12.4. The minimum Gasteiger partial charge on any atom is -0.319 e. The van der Waals surface area contributed by atoms with Gasteiger partial charge in [0.1, 0.15) is 5.92 Å². The number of carbonyl (C=O) groups is 1. The standard InChI is InChI=1S/C18H16ClN3OS/c19-13-5-3-12(4-6-13)11-24-17-15(10-21)18(7-1-2-8-18)14(9-20)16(23)22-17/h3-6,14H,1-2,7-8,11H2,(H,22,23). The van der Waals surface area contributed by atoms with Crippen LogP contribution in [0.5, 0.6) is 0 Å². The van der Waals surface area contributed by atoms with Crippen LogP contribution in [0.15, 0.2) is 34.9 Å². The SMILES string of the molecule is N#CC1=C(SCc2ccc(Cl)cc2)NC(=O)C(C#N)C12CCCC2. The molecular formula is C18H16ClN3OS. The number of hydrogen-bond acceptors (Lipinski definition) is 4. The zero-order chi connectivity index (χ0) is 17.2. The summed E-state index contributed by atoms with van der Waals surface area (Å²) in [6, 6.07) is 11.9. The Bertz CT molecular complexity index is 767. The Morgan fingerprint density at radius 3 is 2.50 bits per heavy atom. The van der Waals surface area contributed by atoms with Crippen molar-refractivity contribution < 1.29 is 4.79 Å². The maximum atomic E-state index is 12.4. The molecule has 1 heterocycles. The molecule has 1 aromatic rings. The molecule has 0 aromatic heterocycles. The van der Waals surface area contributed by atoms with E-state index in [1.807, 2.05) is 24.3 Å². The second kappa shape index (κ2) is 6.89. The third-order valence-electron chi connectivity index (χ3n) is 4.81. The molecule has 3 rings (SSSR count). The smallest absolute Gasteiger partial charge is 0.243 e. The van der Waals surface area contributed by atoms with Crippen LogP contribution in [-0.2, 0) is 10.5 Å². The number of nitrogens with zero attached hydrogens (tertiary/aromatic N) is 2. The van der Waals surface area contributed by atoms with Crippen molar-refractivity contribution >= 4 is 29.3 Å². The first-order valence-electron chi connectivity index (χ1n) is 7.83. The third-order valence-corrected chi connectivity index (χ3v) is 6.13. The maximum absolute atomic E-state index is 12.4. The molecule has 1 aliphatic carbocycles. The molecule has 24 heavy (non-hydrogen) atoms. The number of carbonyl (C=O) groups excluding carboxylic acids is 1. The molecule has 2 aliphatic rings. The average molecular weight is 358 g/mol. The maximum Gasteiger partial charge on any atom is 0.243 e. The first-order chi connectivity index (χ1) is 11.6. The van der Waals surface area contributed by atoms with Gasteiger partial charge in [0.05, 0.1) is 22.7 Å². The second-order valence-electron chi connectivity index (χ2n) is 6.15. The molecule has 4 nitrogen and oxygen atoms in total. The van der Waals surface area contributed by atoms with Crippen LogP contribution in [0.25, 0.3) is 0 Å². The average Bonchev–Trinajstić information content (AvgIpc) is 3.04. The summed E-state index contributed by atoms with van der Waals surface area (Å²) >= 11 is 7.33. The van der Waals surface area contributed by atoms with Crippen LogP contribution >= 0.6 is 23.4 Å². The van der Waals surface area contributed by atoms with E-state index in [0.29, 0.717) is 21.4 Å². The molecule has 1 saturated carbocycles. The van der Waals surface area contributed by atoms with E-state index in [2.05, 4.69) is 17.5 Å². The predicted molar refractivity (Wildman–Crippen MR) is 93.5 cm³/mol. The van der Waals surface area contributed by atoms with Gasteiger partial charge >= 0.3 is 0 Å². The van der Waals surface area contributed by atoms with Gasteiger partial charge in [-0.15, -0.1) is 11.8 Å². The van der Waals surface area contributed by atoms with E-state index in [-0.39, 0.29) is 5.91 Å². The van der Waals surface area contributed by atoms with Gasteiger partial charge in [0.2, 0.25) is 5.91 Å². The highest BCUT2D eigenvalue weighted by Gasteiger charge is 2.52. The fourth-order valence-corrected chi connectivity index (χ4v) is 4.80. The molecule has 1 atom stereocenters. The number of thioether (sulfide) groups is 1. The molecule has 6 heteroatoms. The summed E-state index contributed by atoms with van der Waals surface area (Å²) < 4.78 is 0. The van der Waals surface area contributed by atoms with Crippen LogP contribution in [0.3, 0.4) is 0 Å². The molecule has 1 aliphatic heterocycles. The van der Waals surface area contributed by atoms with E-state index in [0.717, 1.165) is 31.2 Å². The summed E-state index contributed by atoms with van der Waals surface area (Å²) in [5.41, 5.74) is 1.03. The van der Waals surface area contributed by atoms with Gasteiger partial charge in [0.15, 0.2) is 0 Å². The molecule has 0 saturated heterocycles. The largest absolute Gasteiger partial charge is 0.319 e. The van der Waals surface area contributed by atoms with Crippen molar-refractivity contribution in [2.45, 2.75) is 31.4 Å². The van der Waals surface area contributed by atoms with Crippen molar-refractivity contribution in [3.8, 4) is 12.1 Å². The fourth-order valence-electron chi connectivity index (χ4n) is 3.60. The lowest BCUT2D eigenvalue weighted by Gasteiger charge is -2.37. The molecule has 0 radical (unpaired) electrons. The Morgan fingerprint density at radius 2 is 1.92 bits per heavy atom. The number of allylic oxidation sites excluding steroid dienone is 1. The zero-order valence-corrected chi connectivity index (χ0v) is 14.6.